The van der Waals surface area contributed by atoms with Crippen LogP contribution in [-0.2, 0) is 0 Å². The number of piperidine rings is 1. The molecule has 0 unspecified atom stereocenters. The van der Waals surface area contributed by atoms with E-state index in [4.69, 9.17) is 0 Å². The maximum Gasteiger partial charge on any atom is 0.185 e. The number of nitrogens with zero attached hydrogens (tertiary/aromatic N) is 2. The largest absolute Gasteiger partial charge is 0.507 e. The normalized spacial score (nSPS) is 15.7. The first-order valence-electron chi connectivity index (χ1n) is 6.43. The molecule has 0 radical (unpaired) electrons. The van der Waals surface area contributed by atoms with Gasteiger partial charge in [-0.15, -0.1) is 11.3 Å². The smallest absolute Gasteiger partial charge is 0.185 e. The third kappa shape index (κ3) is 2.56. The van der Waals surface area contributed by atoms with Crippen LogP contribution in [0, 0.1) is 5.82 Å². The lowest BCUT2D eigenvalue weighted by molar-refractivity contribution is 0.471. The highest BCUT2D eigenvalue weighted by molar-refractivity contribution is 7.14. The summed E-state index contributed by atoms with van der Waals surface area (Å²) in [6, 6.07) is 4.03. The maximum absolute atomic E-state index is 13.0. The Hall–Kier alpha value is -1.62. The van der Waals surface area contributed by atoms with Gasteiger partial charge in [-0.1, -0.05) is 0 Å². The molecule has 2 aromatic rings. The Kier molecular flexibility index (Phi) is 3.38. The number of rotatable bonds is 2. The van der Waals surface area contributed by atoms with Crippen molar-refractivity contribution in [2.75, 3.05) is 18.0 Å². The molecule has 0 spiro atoms. The second kappa shape index (κ2) is 5.17. The highest BCUT2D eigenvalue weighted by Crippen LogP contribution is 2.33. The zero-order valence-electron chi connectivity index (χ0n) is 10.5. The topological polar surface area (TPSA) is 36.4 Å². The van der Waals surface area contributed by atoms with E-state index in [0.717, 1.165) is 24.3 Å². The first kappa shape index (κ1) is 12.4. The fourth-order valence-corrected chi connectivity index (χ4v) is 3.22. The van der Waals surface area contributed by atoms with Gasteiger partial charge < -0.3 is 10.0 Å². The Bertz CT molecular complexity index is 579. The standard InChI is InChI=1S/C14H15FN2OS/c15-10-4-5-11(13(18)8-10)12-9-19-14(16-12)17-6-2-1-3-7-17/h4-5,8-9,18H,1-3,6-7H2. The lowest BCUT2D eigenvalue weighted by Gasteiger charge is -2.25. The Morgan fingerprint density at radius 3 is 2.74 bits per heavy atom. The molecule has 1 fully saturated rings. The van der Waals surface area contributed by atoms with E-state index in [-0.39, 0.29) is 5.75 Å². The number of halogens is 1. The van der Waals surface area contributed by atoms with Gasteiger partial charge in [0.2, 0.25) is 0 Å². The lowest BCUT2D eigenvalue weighted by Crippen LogP contribution is -2.29. The average molecular weight is 278 g/mol. The highest BCUT2D eigenvalue weighted by atomic mass is 32.1. The van der Waals surface area contributed by atoms with Gasteiger partial charge in [0, 0.05) is 30.1 Å². The third-order valence-corrected chi connectivity index (χ3v) is 4.26. The molecule has 1 aromatic heterocycles. The molecule has 2 heterocycles. The van der Waals surface area contributed by atoms with Gasteiger partial charge in [-0.05, 0) is 31.4 Å². The average Bonchev–Trinajstić information content (AvgIpc) is 2.89. The first-order chi connectivity index (χ1) is 9.24. The van der Waals surface area contributed by atoms with Crippen molar-refractivity contribution in [3.63, 3.8) is 0 Å². The minimum atomic E-state index is -0.437. The fraction of sp³-hybridized carbons (Fsp3) is 0.357. The molecule has 3 rings (SSSR count). The molecule has 1 aliphatic heterocycles. The molecule has 1 N–H and O–H groups in total. The van der Waals surface area contributed by atoms with Crippen molar-refractivity contribution < 1.29 is 9.50 Å². The second-order valence-electron chi connectivity index (χ2n) is 4.72. The maximum atomic E-state index is 13.0. The van der Waals surface area contributed by atoms with Crippen LogP contribution in [-0.4, -0.2) is 23.2 Å². The van der Waals surface area contributed by atoms with Gasteiger partial charge in [-0.3, -0.25) is 0 Å². The van der Waals surface area contributed by atoms with E-state index in [9.17, 15) is 9.50 Å². The van der Waals surface area contributed by atoms with Crippen molar-refractivity contribution in [2.24, 2.45) is 0 Å². The summed E-state index contributed by atoms with van der Waals surface area (Å²) in [5.41, 5.74) is 1.30. The molecule has 0 aliphatic carbocycles. The minimum Gasteiger partial charge on any atom is -0.507 e. The van der Waals surface area contributed by atoms with E-state index in [0.29, 0.717) is 11.3 Å². The molecule has 100 valence electrons. The van der Waals surface area contributed by atoms with Gasteiger partial charge >= 0.3 is 0 Å². The van der Waals surface area contributed by atoms with E-state index in [1.165, 1.54) is 25.3 Å². The Balaban J connectivity index is 1.87. The van der Waals surface area contributed by atoms with Gasteiger partial charge in [-0.25, -0.2) is 9.37 Å². The number of hydrogen-bond acceptors (Lipinski definition) is 4. The summed E-state index contributed by atoms with van der Waals surface area (Å²) in [5.74, 6) is -0.497. The minimum absolute atomic E-state index is 0.0597. The molecular weight excluding hydrogens is 263 g/mol. The van der Waals surface area contributed by atoms with Gasteiger partial charge in [0.25, 0.3) is 0 Å². The van der Waals surface area contributed by atoms with Crippen LogP contribution in [0.3, 0.4) is 0 Å². The monoisotopic (exact) mass is 278 g/mol. The number of phenols is 1. The summed E-state index contributed by atoms with van der Waals surface area (Å²) < 4.78 is 13.0. The molecule has 19 heavy (non-hydrogen) atoms. The predicted molar refractivity (Wildman–Crippen MR) is 75.2 cm³/mol. The zero-order valence-corrected chi connectivity index (χ0v) is 11.3. The van der Waals surface area contributed by atoms with Crippen LogP contribution in [0.4, 0.5) is 9.52 Å². The zero-order chi connectivity index (χ0) is 13.2. The summed E-state index contributed by atoms with van der Waals surface area (Å²) in [4.78, 5) is 6.83. The van der Waals surface area contributed by atoms with Crippen LogP contribution in [0.1, 0.15) is 19.3 Å². The second-order valence-corrected chi connectivity index (χ2v) is 5.56. The summed E-state index contributed by atoms with van der Waals surface area (Å²) >= 11 is 1.57. The summed E-state index contributed by atoms with van der Waals surface area (Å²) in [5, 5.41) is 12.7. The van der Waals surface area contributed by atoms with Crippen molar-refractivity contribution in [1.82, 2.24) is 4.98 Å². The molecule has 1 aromatic carbocycles. The van der Waals surface area contributed by atoms with Crippen LogP contribution >= 0.6 is 11.3 Å². The number of hydrogen-bond donors (Lipinski definition) is 1. The Morgan fingerprint density at radius 1 is 1.21 bits per heavy atom. The quantitative estimate of drug-likeness (QED) is 0.911. The first-order valence-corrected chi connectivity index (χ1v) is 7.31. The molecule has 0 saturated carbocycles. The predicted octanol–water partition coefficient (Wildman–Crippen LogP) is 3.65. The molecule has 0 bridgehead atoms. The molecule has 5 heteroatoms. The van der Waals surface area contributed by atoms with E-state index in [2.05, 4.69) is 9.88 Å². The van der Waals surface area contributed by atoms with Crippen LogP contribution in [0.5, 0.6) is 5.75 Å². The molecule has 1 aliphatic rings. The number of aromatic nitrogens is 1. The summed E-state index contributed by atoms with van der Waals surface area (Å²) in [6.07, 6.45) is 3.70. The van der Waals surface area contributed by atoms with Crippen molar-refractivity contribution in [3.05, 3.63) is 29.4 Å². The molecular formula is C14H15FN2OS. The van der Waals surface area contributed by atoms with Crippen molar-refractivity contribution in [2.45, 2.75) is 19.3 Å². The van der Waals surface area contributed by atoms with E-state index in [1.54, 1.807) is 17.4 Å². The Labute approximate surface area is 115 Å². The van der Waals surface area contributed by atoms with Crippen LogP contribution < -0.4 is 4.90 Å². The third-order valence-electron chi connectivity index (χ3n) is 3.35. The van der Waals surface area contributed by atoms with Crippen molar-refractivity contribution in [1.29, 1.82) is 0 Å². The highest BCUT2D eigenvalue weighted by Gasteiger charge is 2.16. The summed E-state index contributed by atoms with van der Waals surface area (Å²) in [7, 11) is 0. The SMILES string of the molecule is Oc1cc(F)ccc1-c1csc(N2CCCCC2)n1. The van der Waals surface area contributed by atoms with Gasteiger partial charge in [0.15, 0.2) is 5.13 Å². The molecule has 1 saturated heterocycles. The van der Waals surface area contributed by atoms with Gasteiger partial charge in [0.05, 0.1) is 5.69 Å². The number of benzene rings is 1. The van der Waals surface area contributed by atoms with Crippen LogP contribution in [0.25, 0.3) is 11.3 Å². The van der Waals surface area contributed by atoms with E-state index in [1.807, 2.05) is 5.38 Å². The number of phenolic OH excluding ortho intramolecular Hbond substituents is 1. The fourth-order valence-electron chi connectivity index (χ4n) is 2.34. The number of aromatic hydroxyl groups is 1. The lowest BCUT2D eigenvalue weighted by atomic mass is 10.1. The van der Waals surface area contributed by atoms with Gasteiger partial charge in [0.1, 0.15) is 11.6 Å². The van der Waals surface area contributed by atoms with Crippen LogP contribution in [0.2, 0.25) is 0 Å². The van der Waals surface area contributed by atoms with Crippen molar-refractivity contribution in [3.8, 4) is 17.0 Å². The summed E-state index contributed by atoms with van der Waals surface area (Å²) in [6.45, 7) is 2.09. The Morgan fingerprint density at radius 2 is 2.00 bits per heavy atom. The molecule has 0 atom stereocenters. The van der Waals surface area contributed by atoms with Crippen molar-refractivity contribution >= 4 is 16.5 Å². The molecule has 3 nitrogen and oxygen atoms in total. The van der Waals surface area contributed by atoms with E-state index < -0.39 is 5.82 Å². The van der Waals surface area contributed by atoms with Crippen LogP contribution in [0.15, 0.2) is 23.6 Å². The van der Waals surface area contributed by atoms with Gasteiger partial charge in [-0.2, -0.15) is 0 Å². The molecule has 0 amide bonds. The number of thiazole rings is 1. The van der Waals surface area contributed by atoms with E-state index >= 15 is 0 Å². The number of anilines is 1.